The van der Waals surface area contributed by atoms with E-state index in [1.165, 1.54) is 12.8 Å². The summed E-state index contributed by atoms with van der Waals surface area (Å²) in [5.41, 5.74) is 7.41. The van der Waals surface area contributed by atoms with Crippen molar-refractivity contribution in [2.45, 2.75) is 45.7 Å². The molecule has 3 unspecified atom stereocenters. The van der Waals surface area contributed by atoms with Crippen LogP contribution in [0.3, 0.4) is 0 Å². The van der Waals surface area contributed by atoms with Crippen LogP contribution in [0.4, 0.5) is 10.5 Å². The van der Waals surface area contributed by atoms with Gasteiger partial charge in [0, 0.05) is 18.3 Å². The molecule has 2 rings (SSSR count). The fraction of sp³-hybridized carbons (Fsp3) is 0.562. The van der Waals surface area contributed by atoms with Crippen LogP contribution in [0, 0.1) is 11.8 Å². The van der Waals surface area contributed by atoms with E-state index in [9.17, 15) is 4.79 Å². The van der Waals surface area contributed by atoms with Crippen LogP contribution in [0.5, 0.6) is 0 Å². The molecule has 1 fully saturated rings. The van der Waals surface area contributed by atoms with Crippen LogP contribution in [-0.4, -0.2) is 12.1 Å². The van der Waals surface area contributed by atoms with Gasteiger partial charge in [-0.2, -0.15) is 0 Å². The summed E-state index contributed by atoms with van der Waals surface area (Å²) >= 11 is 0. The fourth-order valence-corrected chi connectivity index (χ4v) is 2.90. The number of amides is 2. The molecule has 0 saturated heterocycles. The zero-order valence-electron chi connectivity index (χ0n) is 12.4. The van der Waals surface area contributed by atoms with Crippen LogP contribution in [0.15, 0.2) is 24.3 Å². The predicted molar refractivity (Wildman–Crippen MR) is 82.5 cm³/mol. The normalized spacial score (nSPS) is 26.1. The Labute approximate surface area is 121 Å². The van der Waals surface area contributed by atoms with Gasteiger partial charge in [-0.25, -0.2) is 4.79 Å². The van der Waals surface area contributed by atoms with Crippen molar-refractivity contribution in [2.75, 3.05) is 5.32 Å². The Kier molecular flexibility index (Phi) is 5.01. The van der Waals surface area contributed by atoms with E-state index in [0.717, 1.165) is 17.7 Å². The van der Waals surface area contributed by atoms with Crippen molar-refractivity contribution in [1.82, 2.24) is 5.32 Å². The highest BCUT2D eigenvalue weighted by Gasteiger charge is 2.28. The topological polar surface area (TPSA) is 67.2 Å². The van der Waals surface area contributed by atoms with Gasteiger partial charge in [0.05, 0.1) is 0 Å². The molecule has 0 aromatic heterocycles. The first-order valence-corrected chi connectivity index (χ1v) is 7.46. The number of anilines is 1. The van der Waals surface area contributed by atoms with Crippen LogP contribution in [0.1, 0.15) is 38.7 Å². The Morgan fingerprint density at radius 1 is 1.35 bits per heavy atom. The summed E-state index contributed by atoms with van der Waals surface area (Å²) in [4.78, 5) is 12.1. The second kappa shape index (κ2) is 6.75. The summed E-state index contributed by atoms with van der Waals surface area (Å²) in [5, 5.41) is 6.00. The van der Waals surface area contributed by atoms with Crippen molar-refractivity contribution in [1.29, 1.82) is 0 Å². The molecule has 3 atom stereocenters. The van der Waals surface area contributed by atoms with Gasteiger partial charge in [0.25, 0.3) is 0 Å². The molecule has 4 heteroatoms. The van der Waals surface area contributed by atoms with E-state index in [-0.39, 0.29) is 12.1 Å². The van der Waals surface area contributed by atoms with E-state index in [4.69, 9.17) is 5.73 Å². The Bertz CT molecular complexity index is 461. The second-order valence-corrected chi connectivity index (χ2v) is 5.88. The van der Waals surface area contributed by atoms with Gasteiger partial charge in [0.1, 0.15) is 0 Å². The molecular weight excluding hydrogens is 250 g/mol. The summed E-state index contributed by atoms with van der Waals surface area (Å²) in [7, 11) is 0. The summed E-state index contributed by atoms with van der Waals surface area (Å²) in [6.45, 7) is 4.97. The summed E-state index contributed by atoms with van der Waals surface area (Å²) < 4.78 is 0. The van der Waals surface area contributed by atoms with Crippen molar-refractivity contribution in [3.63, 3.8) is 0 Å². The molecule has 0 heterocycles. The molecule has 1 aliphatic carbocycles. The maximum atomic E-state index is 12.1. The lowest BCUT2D eigenvalue weighted by molar-refractivity contribution is 0.201. The first-order valence-electron chi connectivity index (χ1n) is 7.46. The van der Waals surface area contributed by atoms with Crippen molar-refractivity contribution >= 4 is 11.7 Å². The molecule has 1 aromatic rings. The molecule has 2 amide bonds. The van der Waals surface area contributed by atoms with Crippen LogP contribution in [-0.2, 0) is 6.54 Å². The number of nitrogens with two attached hydrogens (primary N) is 1. The first-order chi connectivity index (χ1) is 9.60. The van der Waals surface area contributed by atoms with Crippen LogP contribution in [0.25, 0.3) is 0 Å². The zero-order valence-corrected chi connectivity index (χ0v) is 12.4. The second-order valence-electron chi connectivity index (χ2n) is 5.88. The zero-order chi connectivity index (χ0) is 14.5. The molecule has 0 spiro atoms. The highest BCUT2D eigenvalue weighted by Crippen LogP contribution is 2.29. The quantitative estimate of drug-likeness (QED) is 0.793. The van der Waals surface area contributed by atoms with Crippen molar-refractivity contribution in [3.8, 4) is 0 Å². The minimum absolute atomic E-state index is 0.120. The van der Waals surface area contributed by atoms with E-state index in [1.807, 2.05) is 24.3 Å². The maximum Gasteiger partial charge on any atom is 0.319 e. The predicted octanol–water partition coefficient (Wildman–Crippen LogP) is 3.09. The van der Waals surface area contributed by atoms with Crippen molar-refractivity contribution < 1.29 is 4.79 Å². The van der Waals surface area contributed by atoms with Gasteiger partial charge < -0.3 is 16.4 Å². The van der Waals surface area contributed by atoms with Gasteiger partial charge in [0.15, 0.2) is 0 Å². The third-order valence-corrected chi connectivity index (χ3v) is 4.44. The van der Waals surface area contributed by atoms with Gasteiger partial charge in [-0.05, 0) is 36.0 Å². The number of benzene rings is 1. The number of hydrogen-bond acceptors (Lipinski definition) is 2. The molecule has 0 bridgehead atoms. The molecule has 1 aliphatic rings. The molecule has 4 nitrogen and oxygen atoms in total. The SMILES string of the molecule is CC1CCCC(NC(=O)Nc2cccc(CN)c2)C1C. The molecule has 1 aromatic carbocycles. The minimum Gasteiger partial charge on any atom is -0.335 e. The van der Waals surface area contributed by atoms with Crippen molar-refractivity contribution in [2.24, 2.45) is 17.6 Å². The minimum atomic E-state index is -0.120. The average molecular weight is 275 g/mol. The first kappa shape index (κ1) is 14.9. The summed E-state index contributed by atoms with van der Waals surface area (Å²) in [6.07, 6.45) is 3.53. The van der Waals surface area contributed by atoms with E-state index in [0.29, 0.717) is 18.4 Å². The number of rotatable bonds is 3. The van der Waals surface area contributed by atoms with Gasteiger partial charge in [-0.3, -0.25) is 0 Å². The fourth-order valence-electron chi connectivity index (χ4n) is 2.90. The Hall–Kier alpha value is -1.55. The molecule has 0 aliphatic heterocycles. The summed E-state index contributed by atoms with van der Waals surface area (Å²) in [6, 6.07) is 7.80. The van der Waals surface area contributed by atoms with E-state index in [1.54, 1.807) is 0 Å². The van der Waals surface area contributed by atoms with Crippen molar-refractivity contribution in [3.05, 3.63) is 29.8 Å². The number of carbonyl (C=O) groups is 1. The third kappa shape index (κ3) is 3.73. The number of nitrogens with one attached hydrogen (secondary N) is 2. The lowest BCUT2D eigenvalue weighted by Gasteiger charge is -2.34. The number of carbonyl (C=O) groups excluding carboxylic acids is 1. The Morgan fingerprint density at radius 2 is 2.15 bits per heavy atom. The number of hydrogen-bond donors (Lipinski definition) is 3. The smallest absolute Gasteiger partial charge is 0.319 e. The van der Waals surface area contributed by atoms with Gasteiger partial charge in [-0.1, -0.05) is 38.8 Å². The Morgan fingerprint density at radius 3 is 2.90 bits per heavy atom. The van der Waals surface area contributed by atoms with Crippen LogP contribution < -0.4 is 16.4 Å². The van der Waals surface area contributed by atoms with Gasteiger partial charge >= 0.3 is 6.03 Å². The maximum absolute atomic E-state index is 12.1. The van der Waals surface area contributed by atoms with Gasteiger partial charge in [0.2, 0.25) is 0 Å². The van der Waals surface area contributed by atoms with Crippen LogP contribution >= 0.6 is 0 Å². The lowest BCUT2D eigenvalue weighted by atomic mass is 9.78. The molecule has 110 valence electrons. The molecule has 4 N–H and O–H groups in total. The standard InChI is InChI=1S/C16H25N3O/c1-11-5-3-8-15(12(11)2)19-16(20)18-14-7-4-6-13(9-14)10-17/h4,6-7,9,11-12,15H,3,5,8,10,17H2,1-2H3,(H2,18,19,20). The molecule has 0 radical (unpaired) electrons. The highest BCUT2D eigenvalue weighted by molar-refractivity contribution is 5.89. The number of urea groups is 1. The van der Waals surface area contributed by atoms with Crippen LogP contribution in [0.2, 0.25) is 0 Å². The van der Waals surface area contributed by atoms with E-state index in [2.05, 4.69) is 24.5 Å². The Balaban J connectivity index is 1.91. The highest BCUT2D eigenvalue weighted by atomic mass is 16.2. The third-order valence-electron chi connectivity index (χ3n) is 4.44. The summed E-state index contributed by atoms with van der Waals surface area (Å²) in [5.74, 6) is 1.21. The molecule has 1 saturated carbocycles. The van der Waals surface area contributed by atoms with E-state index >= 15 is 0 Å². The largest absolute Gasteiger partial charge is 0.335 e. The lowest BCUT2D eigenvalue weighted by Crippen LogP contribution is -2.45. The monoisotopic (exact) mass is 275 g/mol. The van der Waals surface area contributed by atoms with Gasteiger partial charge in [-0.15, -0.1) is 0 Å². The van der Waals surface area contributed by atoms with E-state index < -0.39 is 0 Å². The molecule has 20 heavy (non-hydrogen) atoms. The average Bonchev–Trinajstić information content (AvgIpc) is 2.44. The molecular formula is C16H25N3O.